The third-order valence-electron chi connectivity index (χ3n) is 2.47. The van der Waals surface area contributed by atoms with Gasteiger partial charge in [0, 0.05) is 0 Å². The summed E-state index contributed by atoms with van der Waals surface area (Å²) in [4.78, 5) is 10.8. The highest BCUT2D eigenvalue weighted by Gasteiger charge is 2.26. The Morgan fingerprint density at radius 1 is 1.47 bits per heavy atom. The van der Waals surface area contributed by atoms with Gasteiger partial charge in [-0.1, -0.05) is 6.07 Å². The van der Waals surface area contributed by atoms with Crippen LogP contribution in [0.4, 0.5) is 0 Å². The number of hydrogen-bond donors (Lipinski definition) is 1. The molecule has 1 unspecified atom stereocenters. The van der Waals surface area contributed by atoms with Gasteiger partial charge in [0.05, 0.1) is 16.5 Å². The van der Waals surface area contributed by atoms with E-state index in [-0.39, 0.29) is 16.0 Å². The topological polar surface area (TPSA) is 95.2 Å². The number of aromatic carboxylic acids is 1. The molecule has 1 rings (SSSR count). The molecule has 0 aliphatic carbocycles. The number of rotatable bonds is 3. The molecular weight excluding hydrogens is 242 g/mol. The van der Waals surface area contributed by atoms with E-state index < -0.39 is 21.1 Å². The minimum absolute atomic E-state index is 0.0729. The van der Waals surface area contributed by atoms with Crippen molar-refractivity contribution in [2.75, 3.05) is 0 Å². The monoisotopic (exact) mass is 253 g/mol. The number of nitrogens with zero attached hydrogens (tertiary/aromatic N) is 1. The molecule has 0 bridgehead atoms. The Morgan fingerprint density at radius 3 is 2.53 bits per heavy atom. The van der Waals surface area contributed by atoms with Crippen molar-refractivity contribution < 1.29 is 18.3 Å². The lowest BCUT2D eigenvalue weighted by atomic mass is 10.1. The summed E-state index contributed by atoms with van der Waals surface area (Å²) in [5.74, 6) is -1.19. The maximum Gasteiger partial charge on any atom is 0.335 e. The van der Waals surface area contributed by atoms with Crippen LogP contribution in [0.3, 0.4) is 0 Å². The molecule has 0 aliphatic rings. The van der Waals surface area contributed by atoms with Gasteiger partial charge in [-0.3, -0.25) is 0 Å². The van der Waals surface area contributed by atoms with Crippen LogP contribution in [-0.2, 0) is 9.84 Å². The van der Waals surface area contributed by atoms with Crippen LogP contribution in [-0.4, -0.2) is 24.7 Å². The first-order valence-electron chi connectivity index (χ1n) is 4.78. The summed E-state index contributed by atoms with van der Waals surface area (Å²) in [7, 11) is -3.80. The minimum atomic E-state index is -3.80. The van der Waals surface area contributed by atoms with Crippen molar-refractivity contribution in [3.05, 3.63) is 29.3 Å². The van der Waals surface area contributed by atoms with Crippen LogP contribution in [0.5, 0.6) is 0 Å². The maximum absolute atomic E-state index is 11.9. The van der Waals surface area contributed by atoms with Crippen molar-refractivity contribution in [1.82, 2.24) is 0 Å². The molecule has 90 valence electrons. The van der Waals surface area contributed by atoms with Crippen LogP contribution < -0.4 is 0 Å². The zero-order valence-corrected chi connectivity index (χ0v) is 10.2. The van der Waals surface area contributed by atoms with E-state index in [4.69, 9.17) is 10.4 Å². The normalized spacial score (nSPS) is 12.8. The third-order valence-corrected chi connectivity index (χ3v) is 4.56. The Kier molecular flexibility index (Phi) is 3.53. The van der Waals surface area contributed by atoms with E-state index in [2.05, 4.69) is 0 Å². The number of carboxylic acids is 1. The molecule has 0 heterocycles. The molecule has 0 spiro atoms. The van der Waals surface area contributed by atoms with Crippen molar-refractivity contribution >= 4 is 15.8 Å². The van der Waals surface area contributed by atoms with Crippen LogP contribution in [0.1, 0.15) is 22.8 Å². The molecule has 1 N–H and O–H groups in total. The van der Waals surface area contributed by atoms with Crippen LogP contribution in [0.15, 0.2) is 23.1 Å². The highest BCUT2D eigenvalue weighted by atomic mass is 32.2. The molecule has 1 aromatic rings. The van der Waals surface area contributed by atoms with Gasteiger partial charge in [0.1, 0.15) is 5.25 Å². The van der Waals surface area contributed by atoms with E-state index in [1.54, 1.807) is 6.07 Å². The van der Waals surface area contributed by atoms with Crippen LogP contribution in [0.2, 0.25) is 0 Å². The summed E-state index contributed by atoms with van der Waals surface area (Å²) < 4.78 is 23.9. The summed E-state index contributed by atoms with van der Waals surface area (Å²) in [6.07, 6.45) is 0. The second kappa shape index (κ2) is 4.55. The van der Waals surface area contributed by atoms with Crippen LogP contribution in [0.25, 0.3) is 0 Å². The fourth-order valence-corrected chi connectivity index (χ4v) is 2.74. The first-order valence-corrected chi connectivity index (χ1v) is 6.33. The van der Waals surface area contributed by atoms with E-state index >= 15 is 0 Å². The summed E-state index contributed by atoms with van der Waals surface area (Å²) in [5, 5.41) is 16.3. The summed E-state index contributed by atoms with van der Waals surface area (Å²) in [6.45, 7) is 2.68. The van der Waals surface area contributed by atoms with Gasteiger partial charge in [0.2, 0.25) is 0 Å². The molecule has 0 saturated heterocycles. The predicted octanol–water partition coefficient (Wildman–Crippen LogP) is 1.38. The summed E-state index contributed by atoms with van der Waals surface area (Å²) in [5.41, 5.74) is 0.0818. The Hall–Kier alpha value is -1.87. The molecule has 0 radical (unpaired) electrons. The third kappa shape index (κ3) is 2.29. The quantitative estimate of drug-likeness (QED) is 0.877. The number of hydrogen-bond acceptors (Lipinski definition) is 4. The van der Waals surface area contributed by atoms with Crippen LogP contribution >= 0.6 is 0 Å². The minimum Gasteiger partial charge on any atom is -0.478 e. The fraction of sp³-hybridized carbons (Fsp3) is 0.273. The average molecular weight is 253 g/mol. The molecule has 6 heteroatoms. The maximum atomic E-state index is 11.9. The number of sulfone groups is 1. The molecular formula is C11H11NO4S. The van der Waals surface area contributed by atoms with Gasteiger partial charge in [0.25, 0.3) is 0 Å². The molecule has 1 aromatic carbocycles. The molecule has 0 amide bonds. The smallest absolute Gasteiger partial charge is 0.335 e. The second-order valence-corrected chi connectivity index (χ2v) is 5.79. The van der Waals surface area contributed by atoms with Gasteiger partial charge in [0.15, 0.2) is 9.84 Å². The van der Waals surface area contributed by atoms with Gasteiger partial charge >= 0.3 is 5.97 Å². The molecule has 0 aromatic heterocycles. The summed E-state index contributed by atoms with van der Waals surface area (Å²) in [6, 6.07) is 5.64. The number of nitriles is 1. The SMILES string of the molecule is Cc1c(C(=O)O)cccc1S(=O)(=O)C(C)C#N. The number of carboxylic acid groups (broad SMARTS) is 1. The average Bonchev–Trinajstić information content (AvgIpc) is 2.27. The first-order chi connectivity index (χ1) is 7.82. The van der Waals surface area contributed by atoms with Gasteiger partial charge in [-0.2, -0.15) is 5.26 Å². The lowest BCUT2D eigenvalue weighted by Crippen LogP contribution is -2.18. The first kappa shape index (κ1) is 13.2. The number of carbonyl (C=O) groups is 1. The molecule has 5 nitrogen and oxygen atoms in total. The van der Waals surface area contributed by atoms with E-state index in [1.807, 2.05) is 0 Å². The number of benzene rings is 1. The lowest BCUT2D eigenvalue weighted by molar-refractivity contribution is 0.0696. The van der Waals surface area contributed by atoms with E-state index in [0.29, 0.717) is 0 Å². The zero-order valence-electron chi connectivity index (χ0n) is 9.34. The predicted molar refractivity (Wildman–Crippen MR) is 60.4 cm³/mol. The van der Waals surface area contributed by atoms with Gasteiger partial charge in [-0.25, -0.2) is 13.2 Å². The molecule has 0 saturated carbocycles. The zero-order chi connectivity index (χ0) is 13.2. The van der Waals surface area contributed by atoms with Crippen molar-refractivity contribution in [3.8, 4) is 6.07 Å². The summed E-state index contributed by atoms with van der Waals surface area (Å²) >= 11 is 0. The molecule has 0 fully saturated rings. The van der Waals surface area contributed by atoms with E-state index in [0.717, 1.165) is 0 Å². The van der Waals surface area contributed by atoms with Gasteiger partial charge in [-0.15, -0.1) is 0 Å². The molecule has 0 aliphatic heterocycles. The van der Waals surface area contributed by atoms with Gasteiger partial charge in [-0.05, 0) is 31.5 Å². The molecule has 17 heavy (non-hydrogen) atoms. The Labute approximate surface area is 99.2 Å². The Bertz CT molecular complexity index is 598. The lowest BCUT2D eigenvalue weighted by Gasteiger charge is -2.10. The second-order valence-electron chi connectivity index (χ2n) is 3.55. The van der Waals surface area contributed by atoms with Crippen molar-refractivity contribution in [1.29, 1.82) is 5.26 Å². The highest BCUT2D eigenvalue weighted by molar-refractivity contribution is 7.92. The van der Waals surface area contributed by atoms with Crippen molar-refractivity contribution in [3.63, 3.8) is 0 Å². The Morgan fingerprint density at radius 2 is 2.06 bits per heavy atom. The fourth-order valence-electron chi connectivity index (χ4n) is 1.41. The largest absolute Gasteiger partial charge is 0.478 e. The van der Waals surface area contributed by atoms with E-state index in [1.165, 1.54) is 32.0 Å². The van der Waals surface area contributed by atoms with Gasteiger partial charge < -0.3 is 5.11 Å². The van der Waals surface area contributed by atoms with Crippen LogP contribution in [0, 0.1) is 18.3 Å². The standard InChI is InChI=1S/C11H11NO4S/c1-7(6-12)17(15,16)10-5-3-4-9(8(10)2)11(13)14/h3-5,7H,1-2H3,(H,13,14). The van der Waals surface area contributed by atoms with E-state index in [9.17, 15) is 13.2 Å². The molecule has 1 atom stereocenters. The highest BCUT2D eigenvalue weighted by Crippen LogP contribution is 2.22. The Balaban J connectivity index is 3.51. The van der Waals surface area contributed by atoms with Crippen molar-refractivity contribution in [2.24, 2.45) is 0 Å². The van der Waals surface area contributed by atoms with Crippen molar-refractivity contribution in [2.45, 2.75) is 24.0 Å².